The molecule has 8 heteroatoms. The average Bonchev–Trinajstić information content (AvgIpc) is 2.95. The van der Waals surface area contributed by atoms with E-state index in [2.05, 4.69) is 9.71 Å². The van der Waals surface area contributed by atoms with Gasteiger partial charge in [-0.2, -0.15) is 0 Å². The number of aromatic nitrogens is 1. The van der Waals surface area contributed by atoms with Crippen LogP contribution in [0.3, 0.4) is 0 Å². The molecule has 2 aromatic heterocycles. The number of H-pyrrole nitrogens is 1. The molecule has 3 rings (SSSR count). The van der Waals surface area contributed by atoms with Gasteiger partial charge in [-0.15, -0.1) is 11.3 Å². The van der Waals surface area contributed by atoms with Crippen LogP contribution >= 0.6 is 11.3 Å². The number of hydrogen-bond donors (Lipinski definition) is 2. The molecule has 2 N–H and O–H groups in total. The van der Waals surface area contributed by atoms with Crippen molar-refractivity contribution in [1.82, 2.24) is 4.98 Å². The Kier molecular flexibility index (Phi) is 2.68. The maximum atomic E-state index is 12.0. The van der Waals surface area contributed by atoms with Gasteiger partial charge in [-0.25, -0.2) is 13.2 Å². The molecule has 0 unspecified atom stereocenters. The second kappa shape index (κ2) is 4.25. The van der Waals surface area contributed by atoms with Crippen molar-refractivity contribution in [3.05, 3.63) is 46.3 Å². The molecule has 2 heterocycles. The van der Waals surface area contributed by atoms with Gasteiger partial charge in [0.05, 0.1) is 11.2 Å². The Morgan fingerprint density at radius 2 is 2.11 bits per heavy atom. The summed E-state index contributed by atoms with van der Waals surface area (Å²) in [6, 6.07) is 7.75. The summed E-state index contributed by atoms with van der Waals surface area (Å²) < 4.78 is 31.5. The number of benzene rings is 1. The lowest BCUT2D eigenvalue weighted by Gasteiger charge is -2.05. The zero-order valence-corrected chi connectivity index (χ0v) is 11.0. The van der Waals surface area contributed by atoms with Crippen LogP contribution < -0.4 is 10.5 Å². The molecule has 0 saturated heterocycles. The summed E-state index contributed by atoms with van der Waals surface area (Å²) in [5.41, 5.74) is 1.18. The van der Waals surface area contributed by atoms with Crippen LogP contribution in [0.2, 0.25) is 0 Å². The molecule has 1 aromatic carbocycles. The van der Waals surface area contributed by atoms with E-state index in [0.717, 1.165) is 11.3 Å². The summed E-state index contributed by atoms with van der Waals surface area (Å²) >= 11 is 1.13. The lowest BCUT2D eigenvalue weighted by molar-refractivity contribution is 0.555. The summed E-state index contributed by atoms with van der Waals surface area (Å²) in [5.74, 6) is -0.576. The third-order valence-corrected chi connectivity index (χ3v) is 5.21. The Labute approximate surface area is 111 Å². The number of oxazole rings is 1. The summed E-state index contributed by atoms with van der Waals surface area (Å²) in [4.78, 5) is 13.5. The molecule has 0 radical (unpaired) electrons. The van der Waals surface area contributed by atoms with Crippen molar-refractivity contribution in [3.8, 4) is 0 Å². The summed E-state index contributed by atoms with van der Waals surface area (Å²) in [6.45, 7) is 0. The molecule has 98 valence electrons. The fraction of sp³-hybridized carbons (Fsp3) is 0. The topological polar surface area (TPSA) is 92.2 Å². The van der Waals surface area contributed by atoms with Crippen molar-refractivity contribution in [1.29, 1.82) is 0 Å². The van der Waals surface area contributed by atoms with Crippen molar-refractivity contribution >= 4 is 38.1 Å². The monoisotopic (exact) mass is 296 g/mol. The van der Waals surface area contributed by atoms with Crippen LogP contribution in [0.4, 0.5) is 5.69 Å². The predicted octanol–water partition coefficient (Wildman–Crippen LogP) is 1.98. The molecule has 0 aliphatic rings. The van der Waals surface area contributed by atoms with Crippen molar-refractivity contribution in [3.63, 3.8) is 0 Å². The molecule has 0 saturated carbocycles. The van der Waals surface area contributed by atoms with Gasteiger partial charge in [0.1, 0.15) is 4.21 Å². The smallest absolute Gasteiger partial charge is 0.408 e. The molecule has 19 heavy (non-hydrogen) atoms. The molecule has 0 amide bonds. The Morgan fingerprint density at radius 1 is 1.26 bits per heavy atom. The van der Waals surface area contributed by atoms with Crippen LogP contribution in [0.5, 0.6) is 0 Å². The van der Waals surface area contributed by atoms with Crippen LogP contribution in [0, 0.1) is 0 Å². The Bertz CT molecular complexity index is 875. The standard InChI is InChI=1S/C11H8N2O4S2/c14-11-12-8-6-7(3-4-9(8)17-11)13-19(15,16)10-2-1-5-18-10/h1-6,13H,(H,12,14). The van der Waals surface area contributed by atoms with E-state index in [4.69, 9.17) is 4.42 Å². The van der Waals surface area contributed by atoms with Gasteiger partial charge in [0, 0.05) is 0 Å². The maximum Gasteiger partial charge on any atom is 0.417 e. The highest BCUT2D eigenvalue weighted by Gasteiger charge is 2.15. The zero-order valence-electron chi connectivity index (χ0n) is 9.41. The Hall–Kier alpha value is -2.06. The van der Waals surface area contributed by atoms with Crippen LogP contribution in [-0.4, -0.2) is 13.4 Å². The lowest BCUT2D eigenvalue weighted by Crippen LogP contribution is -2.11. The Balaban J connectivity index is 1.99. The third kappa shape index (κ3) is 2.27. The first kappa shape index (κ1) is 12.0. The summed E-state index contributed by atoms with van der Waals surface area (Å²) in [5, 5.41) is 1.69. The number of fused-ring (bicyclic) bond motifs is 1. The predicted molar refractivity (Wildman–Crippen MR) is 72.0 cm³/mol. The summed E-state index contributed by atoms with van der Waals surface area (Å²) in [6.07, 6.45) is 0. The Morgan fingerprint density at radius 3 is 2.84 bits per heavy atom. The second-order valence-electron chi connectivity index (χ2n) is 3.76. The number of thiophene rings is 1. The zero-order chi connectivity index (χ0) is 13.5. The van der Waals surface area contributed by atoms with Gasteiger partial charge in [-0.3, -0.25) is 9.71 Å². The van der Waals surface area contributed by atoms with Gasteiger partial charge < -0.3 is 4.42 Å². The SMILES string of the molecule is O=c1[nH]c2cc(NS(=O)(=O)c3cccs3)ccc2o1. The van der Waals surface area contributed by atoms with Crippen molar-refractivity contribution in [2.24, 2.45) is 0 Å². The van der Waals surface area contributed by atoms with E-state index in [1.165, 1.54) is 24.3 Å². The van der Waals surface area contributed by atoms with Crippen molar-refractivity contribution in [2.75, 3.05) is 4.72 Å². The molecular formula is C11H8N2O4S2. The van der Waals surface area contributed by atoms with Gasteiger partial charge in [0.15, 0.2) is 5.58 Å². The number of hydrogen-bond acceptors (Lipinski definition) is 5. The quantitative estimate of drug-likeness (QED) is 0.773. The third-order valence-electron chi connectivity index (χ3n) is 2.43. The first-order valence-electron chi connectivity index (χ1n) is 5.24. The van der Waals surface area contributed by atoms with Crippen LogP contribution in [-0.2, 0) is 10.0 Å². The van der Waals surface area contributed by atoms with Crippen LogP contribution in [0.25, 0.3) is 11.1 Å². The average molecular weight is 296 g/mol. The first-order chi connectivity index (χ1) is 9.04. The minimum atomic E-state index is -3.59. The number of anilines is 1. The van der Waals surface area contributed by atoms with E-state index in [9.17, 15) is 13.2 Å². The van der Waals surface area contributed by atoms with E-state index in [1.54, 1.807) is 11.4 Å². The fourth-order valence-corrected chi connectivity index (χ4v) is 3.68. The van der Waals surface area contributed by atoms with Crippen LogP contribution in [0.15, 0.2) is 49.1 Å². The molecule has 0 fully saturated rings. The normalized spacial score (nSPS) is 11.8. The molecule has 0 aliphatic heterocycles. The van der Waals surface area contributed by atoms with E-state index in [-0.39, 0.29) is 4.21 Å². The molecule has 0 aliphatic carbocycles. The second-order valence-corrected chi connectivity index (χ2v) is 6.62. The minimum Gasteiger partial charge on any atom is -0.408 e. The molecule has 3 aromatic rings. The fourth-order valence-electron chi connectivity index (χ4n) is 1.64. The van der Waals surface area contributed by atoms with Gasteiger partial charge in [0.2, 0.25) is 0 Å². The van der Waals surface area contributed by atoms with E-state index < -0.39 is 15.8 Å². The minimum absolute atomic E-state index is 0.230. The number of rotatable bonds is 3. The molecule has 6 nitrogen and oxygen atoms in total. The molecule has 0 atom stereocenters. The first-order valence-corrected chi connectivity index (χ1v) is 7.60. The highest BCUT2D eigenvalue weighted by atomic mass is 32.2. The highest BCUT2D eigenvalue weighted by Crippen LogP contribution is 2.22. The molecule has 0 spiro atoms. The van der Waals surface area contributed by atoms with Gasteiger partial charge in [-0.05, 0) is 29.6 Å². The van der Waals surface area contributed by atoms with Gasteiger partial charge in [-0.1, -0.05) is 6.07 Å². The van der Waals surface area contributed by atoms with Crippen molar-refractivity contribution < 1.29 is 12.8 Å². The van der Waals surface area contributed by atoms with Crippen molar-refractivity contribution in [2.45, 2.75) is 4.21 Å². The van der Waals surface area contributed by atoms with E-state index in [1.807, 2.05) is 0 Å². The maximum absolute atomic E-state index is 12.0. The molecule has 0 bridgehead atoms. The molecular weight excluding hydrogens is 288 g/mol. The lowest BCUT2D eigenvalue weighted by atomic mass is 10.3. The highest BCUT2D eigenvalue weighted by molar-refractivity contribution is 7.94. The number of sulfonamides is 1. The number of nitrogens with one attached hydrogen (secondary N) is 2. The van der Waals surface area contributed by atoms with E-state index in [0.29, 0.717) is 16.8 Å². The largest absolute Gasteiger partial charge is 0.417 e. The van der Waals surface area contributed by atoms with Gasteiger partial charge >= 0.3 is 5.76 Å². The van der Waals surface area contributed by atoms with Gasteiger partial charge in [0.25, 0.3) is 10.0 Å². The number of aromatic amines is 1. The summed E-state index contributed by atoms with van der Waals surface area (Å²) in [7, 11) is -3.59. The van der Waals surface area contributed by atoms with E-state index >= 15 is 0 Å². The van der Waals surface area contributed by atoms with Crippen LogP contribution in [0.1, 0.15) is 0 Å².